The number of carbonyl (C=O) groups excluding carboxylic acids is 2. The predicted molar refractivity (Wildman–Crippen MR) is 43.0 cm³/mol. The van der Waals surface area contributed by atoms with E-state index in [1.54, 1.807) is 6.92 Å². The number of hydrogen-bond donors (Lipinski definition) is 0. The van der Waals surface area contributed by atoms with Crippen LogP contribution >= 0.6 is 0 Å². The quantitative estimate of drug-likeness (QED) is 0.457. The summed E-state index contributed by atoms with van der Waals surface area (Å²) in [5.41, 5.74) is -0.469. The third-order valence-corrected chi connectivity index (χ3v) is 2.62. The van der Waals surface area contributed by atoms with Crippen molar-refractivity contribution in [2.45, 2.75) is 25.4 Å². The van der Waals surface area contributed by atoms with Crippen LogP contribution in [0.1, 0.15) is 19.8 Å². The molecule has 0 radical (unpaired) electrons. The second-order valence-electron chi connectivity index (χ2n) is 3.50. The Kier molecular flexibility index (Phi) is 1.87. The van der Waals surface area contributed by atoms with Gasteiger partial charge in [0.05, 0.1) is 12.2 Å². The van der Waals surface area contributed by atoms with Gasteiger partial charge in [0, 0.05) is 0 Å². The van der Waals surface area contributed by atoms with Gasteiger partial charge in [0.15, 0.2) is 5.78 Å². The summed E-state index contributed by atoms with van der Waals surface area (Å²) >= 11 is 0. The minimum Gasteiger partial charge on any atom is -0.465 e. The molecule has 1 heterocycles. The molecule has 1 aliphatic carbocycles. The highest BCUT2D eigenvalue weighted by molar-refractivity contribution is 6.03. The van der Waals surface area contributed by atoms with Crippen LogP contribution in [0.3, 0.4) is 0 Å². The van der Waals surface area contributed by atoms with Gasteiger partial charge in [0.2, 0.25) is 0 Å². The van der Waals surface area contributed by atoms with Gasteiger partial charge in [0.1, 0.15) is 12.5 Å². The van der Waals surface area contributed by atoms with Crippen LogP contribution in [0.5, 0.6) is 0 Å². The van der Waals surface area contributed by atoms with E-state index in [0.29, 0.717) is 6.61 Å². The Morgan fingerprint density at radius 1 is 1.69 bits per heavy atom. The van der Waals surface area contributed by atoms with Crippen molar-refractivity contribution < 1.29 is 19.1 Å². The van der Waals surface area contributed by atoms with Crippen molar-refractivity contribution in [1.29, 1.82) is 0 Å². The third kappa shape index (κ3) is 1.25. The van der Waals surface area contributed by atoms with E-state index in [-0.39, 0.29) is 12.4 Å². The van der Waals surface area contributed by atoms with Gasteiger partial charge in [-0.05, 0) is 19.8 Å². The maximum atomic E-state index is 11.4. The van der Waals surface area contributed by atoms with Crippen LogP contribution < -0.4 is 0 Å². The number of ketones is 1. The van der Waals surface area contributed by atoms with E-state index >= 15 is 0 Å². The third-order valence-electron chi connectivity index (χ3n) is 2.62. The average Bonchev–Trinajstić information content (AvgIpc) is 2.75. The molecular formula is C9H12O4. The van der Waals surface area contributed by atoms with Gasteiger partial charge in [-0.2, -0.15) is 0 Å². The summed E-state index contributed by atoms with van der Waals surface area (Å²) in [5, 5.41) is 0. The van der Waals surface area contributed by atoms with E-state index in [9.17, 15) is 9.59 Å². The maximum Gasteiger partial charge on any atom is 0.319 e. The van der Waals surface area contributed by atoms with Gasteiger partial charge in [-0.25, -0.2) is 0 Å². The van der Waals surface area contributed by atoms with Crippen LogP contribution in [0.15, 0.2) is 0 Å². The fourth-order valence-corrected chi connectivity index (χ4v) is 1.80. The fraction of sp³-hybridized carbons (Fsp3) is 0.778. The highest BCUT2D eigenvalue weighted by Gasteiger charge is 2.61. The summed E-state index contributed by atoms with van der Waals surface area (Å²) in [6.07, 6.45) is 1.62. The zero-order valence-electron chi connectivity index (χ0n) is 7.54. The van der Waals surface area contributed by atoms with Gasteiger partial charge >= 0.3 is 5.97 Å². The van der Waals surface area contributed by atoms with Crippen LogP contribution in [0.2, 0.25) is 0 Å². The molecule has 1 saturated carbocycles. The summed E-state index contributed by atoms with van der Waals surface area (Å²) < 4.78 is 10.1. The molecule has 1 saturated heterocycles. The standard InChI is InChI=1S/C9H12O4/c1-2-12-8(11)7-6(10)5-13-9(7)3-4-9/h7H,2-5H2,1H3. The van der Waals surface area contributed by atoms with Gasteiger partial charge in [-0.1, -0.05) is 0 Å². The lowest BCUT2D eigenvalue weighted by Crippen LogP contribution is -2.32. The molecule has 1 atom stereocenters. The summed E-state index contributed by atoms with van der Waals surface area (Å²) in [6, 6.07) is 0. The molecule has 2 rings (SSSR count). The van der Waals surface area contributed by atoms with Crippen molar-refractivity contribution >= 4 is 11.8 Å². The minimum absolute atomic E-state index is 0.0729. The molecule has 0 aromatic rings. The van der Waals surface area contributed by atoms with E-state index in [1.807, 2.05) is 0 Å². The molecule has 4 nitrogen and oxygen atoms in total. The van der Waals surface area contributed by atoms with E-state index in [2.05, 4.69) is 0 Å². The predicted octanol–water partition coefficient (Wildman–Crippen LogP) is 0.298. The Balaban J connectivity index is 2.11. The number of rotatable bonds is 2. The van der Waals surface area contributed by atoms with Crippen molar-refractivity contribution in [1.82, 2.24) is 0 Å². The maximum absolute atomic E-state index is 11.4. The lowest BCUT2D eigenvalue weighted by molar-refractivity contribution is -0.152. The van der Waals surface area contributed by atoms with Crippen LogP contribution in [-0.4, -0.2) is 30.6 Å². The number of hydrogen-bond acceptors (Lipinski definition) is 4. The number of Topliss-reactive ketones (excluding diaryl/α,β-unsaturated/α-hetero) is 1. The highest BCUT2D eigenvalue weighted by atomic mass is 16.5. The Morgan fingerprint density at radius 3 is 2.92 bits per heavy atom. The molecule has 0 amide bonds. The monoisotopic (exact) mass is 184 g/mol. The zero-order chi connectivity index (χ0) is 9.47. The van der Waals surface area contributed by atoms with Crippen molar-refractivity contribution in [2.24, 2.45) is 5.92 Å². The van der Waals surface area contributed by atoms with E-state index in [1.165, 1.54) is 0 Å². The molecular weight excluding hydrogens is 172 g/mol. The first-order chi connectivity index (χ1) is 6.19. The number of esters is 1. The number of carbonyl (C=O) groups is 2. The molecule has 2 fully saturated rings. The Labute approximate surface area is 76.2 Å². The minimum atomic E-state index is -0.646. The molecule has 13 heavy (non-hydrogen) atoms. The second-order valence-corrected chi connectivity index (χ2v) is 3.50. The van der Waals surface area contributed by atoms with E-state index in [0.717, 1.165) is 12.8 Å². The molecule has 0 aromatic carbocycles. The average molecular weight is 184 g/mol. The fourth-order valence-electron chi connectivity index (χ4n) is 1.80. The van der Waals surface area contributed by atoms with Gasteiger partial charge in [-0.3, -0.25) is 9.59 Å². The Bertz CT molecular complexity index is 254. The van der Waals surface area contributed by atoms with Gasteiger partial charge in [0.25, 0.3) is 0 Å². The summed E-state index contributed by atoms with van der Waals surface area (Å²) in [7, 11) is 0. The largest absolute Gasteiger partial charge is 0.465 e. The topological polar surface area (TPSA) is 52.6 Å². The first-order valence-electron chi connectivity index (χ1n) is 4.53. The molecule has 4 heteroatoms. The van der Waals surface area contributed by atoms with Crippen LogP contribution in [-0.2, 0) is 19.1 Å². The van der Waals surface area contributed by atoms with Gasteiger partial charge < -0.3 is 9.47 Å². The molecule has 0 aromatic heterocycles. The summed E-state index contributed by atoms with van der Waals surface area (Å²) in [4.78, 5) is 22.7. The first-order valence-corrected chi connectivity index (χ1v) is 4.53. The molecule has 0 bridgehead atoms. The molecule has 2 aliphatic rings. The van der Waals surface area contributed by atoms with Gasteiger partial charge in [-0.15, -0.1) is 0 Å². The SMILES string of the molecule is CCOC(=O)C1C(=O)COC12CC2. The summed E-state index contributed by atoms with van der Waals surface area (Å²) in [6.45, 7) is 2.12. The highest BCUT2D eigenvalue weighted by Crippen LogP contribution is 2.50. The van der Waals surface area contributed by atoms with Crippen molar-refractivity contribution in [2.75, 3.05) is 13.2 Å². The van der Waals surface area contributed by atoms with Crippen molar-refractivity contribution in [3.8, 4) is 0 Å². The normalized spacial score (nSPS) is 29.3. The second kappa shape index (κ2) is 2.80. The zero-order valence-corrected chi connectivity index (χ0v) is 7.54. The van der Waals surface area contributed by atoms with Crippen molar-refractivity contribution in [3.63, 3.8) is 0 Å². The lowest BCUT2D eigenvalue weighted by Gasteiger charge is -2.13. The molecule has 0 N–H and O–H groups in total. The first kappa shape index (κ1) is 8.69. The van der Waals surface area contributed by atoms with Crippen molar-refractivity contribution in [3.05, 3.63) is 0 Å². The number of ether oxygens (including phenoxy) is 2. The molecule has 1 aliphatic heterocycles. The summed E-state index contributed by atoms with van der Waals surface area (Å²) in [5.74, 6) is -1.19. The smallest absolute Gasteiger partial charge is 0.319 e. The molecule has 1 spiro atoms. The van der Waals surface area contributed by atoms with Crippen LogP contribution in [0, 0.1) is 5.92 Å². The molecule has 1 unspecified atom stereocenters. The Morgan fingerprint density at radius 2 is 2.38 bits per heavy atom. The van der Waals surface area contributed by atoms with Crippen LogP contribution in [0.25, 0.3) is 0 Å². The van der Waals surface area contributed by atoms with E-state index < -0.39 is 17.5 Å². The Hall–Kier alpha value is -0.900. The van der Waals surface area contributed by atoms with Crippen LogP contribution in [0.4, 0.5) is 0 Å². The molecule has 72 valence electrons. The van der Waals surface area contributed by atoms with E-state index in [4.69, 9.17) is 9.47 Å². The lowest BCUT2D eigenvalue weighted by atomic mass is 9.99.